The Hall–Kier alpha value is -3.32. The maximum absolute atomic E-state index is 12.4. The van der Waals surface area contributed by atoms with Crippen LogP contribution in [-0.2, 0) is 11.8 Å². The summed E-state index contributed by atoms with van der Waals surface area (Å²) in [6.07, 6.45) is 1.66. The van der Waals surface area contributed by atoms with Gasteiger partial charge >= 0.3 is 0 Å². The van der Waals surface area contributed by atoms with Gasteiger partial charge in [-0.1, -0.05) is 36.4 Å². The van der Waals surface area contributed by atoms with Crippen molar-refractivity contribution in [2.24, 2.45) is 7.05 Å². The van der Waals surface area contributed by atoms with E-state index in [0.29, 0.717) is 5.69 Å². The normalized spacial score (nSPS) is 11.3. The van der Waals surface area contributed by atoms with E-state index in [1.54, 1.807) is 18.2 Å². The molecule has 0 saturated heterocycles. The first-order valence-electron chi connectivity index (χ1n) is 7.64. The number of carbonyl (C=O) groups is 1. The van der Waals surface area contributed by atoms with Gasteiger partial charge in [0.05, 0.1) is 0 Å². The number of anilines is 1. The molecule has 3 aromatic rings. The van der Waals surface area contributed by atoms with E-state index >= 15 is 0 Å². The highest BCUT2D eigenvalue weighted by atomic mass is 16.1. The van der Waals surface area contributed by atoms with Gasteiger partial charge in [0.2, 0.25) is 0 Å². The average molecular weight is 315 g/mol. The molecule has 0 bridgehead atoms. The van der Waals surface area contributed by atoms with Gasteiger partial charge in [-0.05, 0) is 31.2 Å². The van der Waals surface area contributed by atoms with Gasteiger partial charge in [-0.3, -0.25) is 4.79 Å². The third kappa shape index (κ3) is 2.80. The first kappa shape index (κ1) is 15.6. The van der Waals surface area contributed by atoms with Crippen LogP contribution in [0.1, 0.15) is 11.3 Å². The van der Waals surface area contributed by atoms with E-state index in [1.165, 1.54) is 0 Å². The zero-order valence-corrected chi connectivity index (χ0v) is 13.6. The number of para-hydroxylation sites is 2. The van der Waals surface area contributed by atoms with Crippen molar-refractivity contribution in [3.63, 3.8) is 0 Å². The van der Waals surface area contributed by atoms with Crippen LogP contribution in [0.2, 0.25) is 0 Å². The maximum atomic E-state index is 12.4. The van der Waals surface area contributed by atoms with Crippen LogP contribution < -0.4 is 5.32 Å². The fourth-order valence-electron chi connectivity index (χ4n) is 2.75. The van der Waals surface area contributed by atoms with Crippen molar-refractivity contribution in [3.05, 3.63) is 71.4 Å². The predicted octanol–water partition coefficient (Wildman–Crippen LogP) is 4.03. The second-order valence-electron chi connectivity index (χ2n) is 5.57. The largest absolute Gasteiger partial charge is 0.347 e. The molecule has 0 aliphatic carbocycles. The lowest BCUT2D eigenvalue weighted by atomic mass is 10.1. The van der Waals surface area contributed by atoms with Crippen LogP contribution in [-0.4, -0.2) is 10.5 Å². The lowest BCUT2D eigenvalue weighted by Crippen LogP contribution is -2.13. The number of nitriles is 1. The molecular weight excluding hydrogens is 298 g/mol. The average Bonchev–Trinajstić information content (AvgIpc) is 2.85. The maximum Gasteiger partial charge on any atom is 0.266 e. The molecule has 1 aromatic heterocycles. The Morgan fingerprint density at radius 3 is 2.50 bits per heavy atom. The van der Waals surface area contributed by atoms with Crippen LogP contribution >= 0.6 is 0 Å². The van der Waals surface area contributed by atoms with Crippen LogP contribution in [0, 0.1) is 18.3 Å². The minimum absolute atomic E-state index is 0.0818. The Morgan fingerprint density at radius 1 is 1.12 bits per heavy atom. The highest BCUT2D eigenvalue weighted by molar-refractivity contribution is 6.11. The number of carbonyl (C=O) groups excluding carboxylic acids is 1. The van der Waals surface area contributed by atoms with Crippen molar-refractivity contribution < 1.29 is 4.79 Å². The summed E-state index contributed by atoms with van der Waals surface area (Å²) < 4.78 is 2.06. The summed E-state index contributed by atoms with van der Waals surface area (Å²) in [6, 6.07) is 19.1. The van der Waals surface area contributed by atoms with Crippen molar-refractivity contribution >= 4 is 28.6 Å². The number of nitrogens with one attached hydrogen (secondary N) is 1. The molecule has 0 saturated carbocycles. The molecule has 1 N–H and O–H groups in total. The van der Waals surface area contributed by atoms with Crippen LogP contribution in [0.15, 0.2) is 60.2 Å². The molecule has 0 spiro atoms. The molecule has 4 heteroatoms. The summed E-state index contributed by atoms with van der Waals surface area (Å²) in [5, 5.41) is 13.2. The van der Waals surface area contributed by atoms with E-state index < -0.39 is 5.91 Å². The van der Waals surface area contributed by atoms with Crippen LogP contribution in [0.4, 0.5) is 5.69 Å². The molecule has 1 heterocycles. The van der Waals surface area contributed by atoms with Gasteiger partial charge in [0.25, 0.3) is 5.91 Å². The van der Waals surface area contributed by atoms with E-state index in [-0.39, 0.29) is 5.57 Å². The summed E-state index contributed by atoms with van der Waals surface area (Å²) in [6.45, 7) is 1.98. The molecule has 0 radical (unpaired) electrons. The smallest absolute Gasteiger partial charge is 0.266 e. The summed E-state index contributed by atoms with van der Waals surface area (Å²) >= 11 is 0. The summed E-state index contributed by atoms with van der Waals surface area (Å²) in [5.74, 6) is -0.406. The molecule has 0 aliphatic heterocycles. The van der Waals surface area contributed by atoms with Crippen molar-refractivity contribution in [1.82, 2.24) is 4.57 Å². The molecule has 0 fully saturated rings. The van der Waals surface area contributed by atoms with Gasteiger partial charge in [0.1, 0.15) is 11.6 Å². The van der Waals surface area contributed by atoms with Crippen LogP contribution in [0.3, 0.4) is 0 Å². The molecule has 0 atom stereocenters. The summed E-state index contributed by atoms with van der Waals surface area (Å²) in [7, 11) is 1.98. The first-order chi connectivity index (χ1) is 11.6. The fourth-order valence-corrected chi connectivity index (χ4v) is 2.75. The SMILES string of the molecule is Cc1c(/C=C(/C#N)C(=O)Nc2ccccc2)c2ccccc2n1C. The minimum Gasteiger partial charge on any atom is -0.347 e. The van der Waals surface area contributed by atoms with Gasteiger partial charge in [-0.15, -0.1) is 0 Å². The number of aromatic nitrogens is 1. The Bertz CT molecular complexity index is 975. The van der Waals surface area contributed by atoms with Gasteiger partial charge in [-0.25, -0.2) is 0 Å². The van der Waals surface area contributed by atoms with Crippen LogP contribution in [0.5, 0.6) is 0 Å². The van der Waals surface area contributed by atoms with Gasteiger partial charge in [0.15, 0.2) is 0 Å². The third-order valence-corrected chi connectivity index (χ3v) is 4.13. The Labute approximate surface area is 140 Å². The van der Waals surface area contributed by atoms with Crippen molar-refractivity contribution in [3.8, 4) is 6.07 Å². The van der Waals surface area contributed by atoms with Gasteiger partial charge in [0, 0.05) is 34.9 Å². The second kappa shape index (κ2) is 6.43. The minimum atomic E-state index is -0.406. The van der Waals surface area contributed by atoms with Gasteiger partial charge in [-0.2, -0.15) is 5.26 Å². The summed E-state index contributed by atoms with van der Waals surface area (Å²) in [4.78, 5) is 12.4. The van der Waals surface area contributed by atoms with Crippen molar-refractivity contribution in [2.45, 2.75) is 6.92 Å². The molecule has 1 amide bonds. The molecule has 0 unspecified atom stereocenters. The molecule has 4 nitrogen and oxygen atoms in total. The summed E-state index contributed by atoms with van der Waals surface area (Å²) in [5.41, 5.74) is 3.72. The van der Waals surface area contributed by atoms with Crippen molar-refractivity contribution in [2.75, 3.05) is 5.32 Å². The number of hydrogen-bond acceptors (Lipinski definition) is 2. The number of fused-ring (bicyclic) bond motifs is 1. The lowest BCUT2D eigenvalue weighted by Gasteiger charge is -2.04. The lowest BCUT2D eigenvalue weighted by molar-refractivity contribution is -0.112. The molecule has 2 aromatic carbocycles. The Kier molecular flexibility index (Phi) is 4.17. The predicted molar refractivity (Wildman–Crippen MR) is 96.3 cm³/mol. The quantitative estimate of drug-likeness (QED) is 0.586. The van der Waals surface area contributed by atoms with E-state index in [9.17, 15) is 10.1 Å². The molecule has 24 heavy (non-hydrogen) atoms. The van der Waals surface area contributed by atoms with Gasteiger partial charge < -0.3 is 9.88 Å². The standard InChI is InChI=1S/C20H17N3O/c1-14-18(17-10-6-7-11-19(17)23(14)2)12-15(13-21)20(24)22-16-8-4-3-5-9-16/h3-12H,1-2H3,(H,22,24)/b15-12-. The molecule has 3 rings (SSSR count). The monoisotopic (exact) mass is 315 g/mol. The highest BCUT2D eigenvalue weighted by Crippen LogP contribution is 2.27. The number of aryl methyl sites for hydroxylation is 1. The second-order valence-corrected chi connectivity index (χ2v) is 5.57. The van der Waals surface area contributed by atoms with E-state index in [0.717, 1.165) is 22.2 Å². The number of benzene rings is 2. The molecule has 0 aliphatic rings. The third-order valence-electron chi connectivity index (χ3n) is 4.13. The zero-order valence-electron chi connectivity index (χ0n) is 13.6. The first-order valence-corrected chi connectivity index (χ1v) is 7.64. The Balaban J connectivity index is 2.01. The number of nitrogens with zero attached hydrogens (tertiary/aromatic N) is 2. The topological polar surface area (TPSA) is 57.8 Å². The Morgan fingerprint density at radius 2 is 1.79 bits per heavy atom. The van der Waals surface area contributed by atoms with E-state index in [4.69, 9.17) is 0 Å². The highest BCUT2D eigenvalue weighted by Gasteiger charge is 2.14. The zero-order chi connectivity index (χ0) is 17.1. The van der Waals surface area contributed by atoms with Crippen LogP contribution in [0.25, 0.3) is 17.0 Å². The number of amides is 1. The fraction of sp³-hybridized carbons (Fsp3) is 0.100. The van der Waals surface area contributed by atoms with E-state index in [2.05, 4.69) is 9.88 Å². The number of hydrogen-bond donors (Lipinski definition) is 1. The van der Waals surface area contributed by atoms with Crippen molar-refractivity contribution in [1.29, 1.82) is 5.26 Å². The van der Waals surface area contributed by atoms with E-state index in [1.807, 2.05) is 62.5 Å². The molecular formula is C20H17N3O. The number of rotatable bonds is 3. The molecule has 118 valence electrons.